The lowest BCUT2D eigenvalue weighted by molar-refractivity contribution is 0.288. The van der Waals surface area contributed by atoms with E-state index in [0.29, 0.717) is 5.02 Å². The Kier molecular flexibility index (Phi) is 4.92. The fourth-order valence-electron chi connectivity index (χ4n) is 1.74. The number of methoxy groups -OCH3 is 1. The molecule has 15 heavy (non-hydrogen) atoms. The minimum atomic E-state index is 0.206. The van der Waals surface area contributed by atoms with Gasteiger partial charge in [-0.2, -0.15) is 0 Å². The van der Waals surface area contributed by atoms with Crippen molar-refractivity contribution in [3.8, 4) is 5.75 Å². The molecule has 0 aromatic heterocycles. The fraction of sp³-hybridized carbons (Fsp3) is 0.500. The summed E-state index contributed by atoms with van der Waals surface area (Å²) in [6.45, 7) is 2.30. The van der Waals surface area contributed by atoms with E-state index in [2.05, 4.69) is 6.92 Å². The van der Waals surface area contributed by atoms with Crippen molar-refractivity contribution in [3.05, 3.63) is 28.3 Å². The van der Waals surface area contributed by atoms with Crippen LogP contribution in [0, 0.1) is 0 Å². The predicted octanol–water partition coefficient (Wildman–Crippen LogP) is 2.84. The highest BCUT2D eigenvalue weighted by Gasteiger charge is 2.09. The lowest BCUT2D eigenvalue weighted by atomic mass is 10.00. The molecule has 1 aromatic carbocycles. The maximum Gasteiger partial charge on any atom is 0.123 e. The summed E-state index contributed by atoms with van der Waals surface area (Å²) in [5.41, 5.74) is 2.37. The zero-order chi connectivity index (χ0) is 11.3. The second-order valence-corrected chi connectivity index (χ2v) is 3.86. The first-order chi connectivity index (χ1) is 7.22. The molecule has 1 N–H and O–H groups in total. The summed E-state index contributed by atoms with van der Waals surface area (Å²) in [5, 5.41) is 9.51. The van der Waals surface area contributed by atoms with Gasteiger partial charge in [0.1, 0.15) is 5.75 Å². The van der Waals surface area contributed by atoms with Crippen LogP contribution in [0.4, 0.5) is 0 Å². The van der Waals surface area contributed by atoms with E-state index in [-0.39, 0.29) is 6.61 Å². The number of hydrogen-bond donors (Lipinski definition) is 1. The molecule has 0 saturated carbocycles. The van der Waals surface area contributed by atoms with Gasteiger partial charge in [-0.25, -0.2) is 0 Å². The maximum absolute atomic E-state index is 8.82. The standard InChI is InChI=1S/C12H17ClO2/c1-3-11-9(5-4-6-14)7-10(13)8-12(11)15-2/h7-8,14H,3-6H2,1-2H3. The molecule has 0 aliphatic rings. The van der Waals surface area contributed by atoms with Gasteiger partial charge in [-0.05, 0) is 42.5 Å². The molecule has 0 unspecified atom stereocenters. The molecule has 0 fully saturated rings. The van der Waals surface area contributed by atoms with Gasteiger partial charge in [0.05, 0.1) is 7.11 Å². The van der Waals surface area contributed by atoms with Gasteiger partial charge in [0.2, 0.25) is 0 Å². The zero-order valence-electron chi connectivity index (χ0n) is 9.22. The third-order valence-corrected chi connectivity index (χ3v) is 2.66. The minimum Gasteiger partial charge on any atom is -0.496 e. The highest BCUT2D eigenvalue weighted by atomic mass is 35.5. The number of aryl methyl sites for hydroxylation is 1. The first-order valence-electron chi connectivity index (χ1n) is 5.19. The van der Waals surface area contributed by atoms with Gasteiger partial charge >= 0.3 is 0 Å². The van der Waals surface area contributed by atoms with Gasteiger partial charge in [0.25, 0.3) is 0 Å². The summed E-state index contributed by atoms with van der Waals surface area (Å²) in [5.74, 6) is 0.845. The average Bonchev–Trinajstić information content (AvgIpc) is 2.25. The largest absolute Gasteiger partial charge is 0.496 e. The number of halogens is 1. The quantitative estimate of drug-likeness (QED) is 0.840. The Bertz CT molecular complexity index is 324. The first kappa shape index (κ1) is 12.3. The van der Waals surface area contributed by atoms with Crippen molar-refractivity contribution in [2.75, 3.05) is 13.7 Å². The van der Waals surface area contributed by atoms with E-state index in [1.807, 2.05) is 12.1 Å². The van der Waals surface area contributed by atoms with Crippen LogP contribution < -0.4 is 4.74 Å². The smallest absolute Gasteiger partial charge is 0.123 e. The number of rotatable bonds is 5. The van der Waals surface area contributed by atoms with E-state index >= 15 is 0 Å². The van der Waals surface area contributed by atoms with Crippen LogP contribution in [0.1, 0.15) is 24.5 Å². The second kappa shape index (κ2) is 5.99. The molecule has 2 nitrogen and oxygen atoms in total. The normalized spacial score (nSPS) is 10.4. The van der Waals surface area contributed by atoms with E-state index in [1.165, 1.54) is 11.1 Å². The molecule has 1 aromatic rings. The monoisotopic (exact) mass is 228 g/mol. The Labute approximate surface area is 95.8 Å². The number of hydrogen-bond acceptors (Lipinski definition) is 2. The molecule has 0 heterocycles. The Balaban J connectivity index is 3.05. The number of benzene rings is 1. The van der Waals surface area contributed by atoms with E-state index in [4.69, 9.17) is 21.4 Å². The maximum atomic E-state index is 8.82. The van der Waals surface area contributed by atoms with E-state index in [0.717, 1.165) is 25.0 Å². The third-order valence-electron chi connectivity index (χ3n) is 2.44. The van der Waals surface area contributed by atoms with E-state index in [9.17, 15) is 0 Å². The Hall–Kier alpha value is -0.730. The van der Waals surface area contributed by atoms with E-state index < -0.39 is 0 Å². The summed E-state index contributed by atoms with van der Waals surface area (Å²) in [6, 6.07) is 3.79. The molecule has 0 spiro atoms. The molecular formula is C12H17ClO2. The summed E-state index contributed by atoms with van der Waals surface area (Å²) in [7, 11) is 1.65. The van der Waals surface area contributed by atoms with Crippen molar-refractivity contribution in [1.29, 1.82) is 0 Å². The van der Waals surface area contributed by atoms with E-state index in [1.54, 1.807) is 7.11 Å². The minimum absolute atomic E-state index is 0.206. The summed E-state index contributed by atoms with van der Waals surface area (Å²) < 4.78 is 5.29. The van der Waals surface area contributed by atoms with Gasteiger partial charge in [-0.15, -0.1) is 0 Å². The van der Waals surface area contributed by atoms with Crippen molar-refractivity contribution in [3.63, 3.8) is 0 Å². The van der Waals surface area contributed by atoms with Gasteiger partial charge < -0.3 is 9.84 Å². The molecule has 1 rings (SSSR count). The van der Waals surface area contributed by atoms with Crippen LogP contribution in [0.25, 0.3) is 0 Å². The van der Waals surface area contributed by atoms with Crippen molar-refractivity contribution in [2.45, 2.75) is 26.2 Å². The summed E-state index contributed by atoms with van der Waals surface area (Å²) in [4.78, 5) is 0. The number of aliphatic hydroxyl groups excluding tert-OH is 1. The van der Waals surface area contributed by atoms with Crippen LogP contribution in [-0.2, 0) is 12.8 Å². The van der Waals surface area contributed by atoms with Gasteiger partial charge in [0.15, 0.2) is 0 Å². The number of aliphatic hydroxyl groups is 1. The molecule has 3 heteroatoms. The molecular weight excluding hydrogens is 212 g/mol. The molecule has 0 atom stereocenters. The van der Waals surface area contributed by atoms with Crippen molar-refractivity contribution < 1.29 is 9.84 Å². The Morgan fingerprint density at radius 1 is 1.40 bits per heavy atom. The zero-order valence-corrected chi connectivity index (χ0v) is 9.97. The Morgan fingerprint density at radius 2 is 2.13 bits per heavy atom. The van der Waals surface area contributed by atoms with Crippen molar-refractivity contribution in [2.24, 2.45) is 0 Å². The highest BCUT2D eigenvalue weighted by Crippen LogP contribution is 2.28. The van der Waals surface area contributed by atoms with Crippen LogP contribution in [0.15, 0.2) is 12.1 Å². The highest BCUT2D eigenvalue weighted by molar-refractivity contribution is 6.30. The second-order valence-electron chi connectivity index (χ2n) is 3.43. The topological polar surface area (TPSA) is 29.5 Å². The van der Waals surface area contributed by atoms with Crippen LogP contribution in [0.2, 0.25) is 5.02 Å². The first-order valence-corrected chi connectivity index (χ1v) is 5.56. The SMILES string of the molecule is CCc1c(CCCO)cc(Cl)cc1OC. The molecule has 0 saturated heterocycles. The van der Waals surface area contributed by atoms with Crippen molar-refractivity contribution in [1.82, 2.24) is 0 Å². The van der Waals surface area contributed by atoms with Crippen LogP contribution in [-0.4, -0.2) is 18.8 Å². The Morgan fingerprint density at radius 3 is 2.67 bits per heavy atom. The average molecular weight is 229 g/mol. The van der Waals surface area contributed by atoms with Crippen LogP contribution in [0.3, 0.4) is 0 Å². The lowest BCUT2D eigenvalue weighted by Crippen LogP contribution is -1.99. The molecule has 0 bridgehead atoms. The molecule has 0 aliphatic carbocycles. The summed E-state index contributed by atoms with van der Waals surface area (Å²) in [6.07, 6.45) is 2.52. The molecule has 84 valence electrons. The van der Waals surface area contributed by atoms with Gasteiger partial charge in [-0.1, -0.05) is 18.5 Å². The van der Waals surface area contributed by atoms with Crippen LogP contribution >= 0.6 is 11.6 Å². The lowest BCUT2D eigenvalue weighted by Gasteiger charge is -2.13. The molecule has 0 amide bonds. The summed E-state index contributed by atoms with van der Waals surface area (Å²) >= 11 is 5.99. The van der Waals surface area contributed by atoms with Crippen molar-refractivity contribution >= 4 is 11.6 Å². The predicted molar refractivity (Wildman–Crippen MR) is 62.8 cm³/mol. The third kappa shape index (κ3) is 3.11. The fourth-order valence-corrected chi connectivity index (χ4v) is 1.97. The number of ether oxygens (including phenoxy) is 1. The molecule has 0 aliphatic heterocycles. The van der Waals surface area contributed by atoms with Crippen LogP contribution in [0.5, 0.6) is 5.75 Å². The molecule has 0 radical (unpaired) electrons. The van der Waals surface area contributed by atoms with Gasteiger partial charge in [-0.3, -0.25) is 0 Å². The van der Waals surface area contributed by atoms with Gasteiger partial charge in [0, 0.05) is 11.6 Å².